The van der Waals surface area contributed by atoms with E-state index in [1.165, 1.54) is 0 Å². The molecule has 0 spiro atoms. The van der Waals surface area contributed by atoms with E-state index in [1.807, 2.05) is 31.2 Å². The fourth-order valence-electron chi connectivity index (χ4n) is 1.24. The molecule has 0 fully saturated rings. The van der Waals surface area contributed by atoms with E-state index in [9.17, 15) is 4.79 Å². The van der Waals surface area contributed by atoms with Crippen LogP contribution in [-0.4, -0.2) is 5.97 Å². The van der Waals surface area contributed by atoms with E-state index in [4.69, 9.17) is 5.90 Å². The summed E-state index contributed by atoms with van der Waals surface area (Å²) in [6.07, 6.45) is 0. The molecular weight excluding hydrogens is 178 g/mol. The number of nitrogens with two attached hydrogens (primary N) is 1. The van der Waals surface area contributed by atoms with Gasteiger partial charge in [0.25, 0.3) is 0 Å². The first-order chi connectivity index (χ1) is 6.48. The summed E-state index contributed by atoms with van der Waals surface area (Å²) in [6.45, 7) is 5.57. The average molecular weight is 193 g/mol. The molecule has 0 saturated heterocycles. The van der Waals surface area contributed by atoms with E-state index < -0.39 is 11.4 Å². The second-order valence-corrected chi connectivity index (χ2v) is 3.90. The molecule has 0 aromatic heterocycles. The molecule has 0 aliphatic heterocycles. The van der Waals surface area contributed by atoms with Gasteiger partial charge in [0.05, 0.1) is 5.41 Å². The van der Waals surface area contributed by atoms with Gasteiger partial charge < -0.3 is 4.84 Å². The highest BCUT2D eigenvalue weighted by Gasteiger charge is 2.31. The van der Waals surface area contributed by atoms with Crippen molar-refractivity contribution in [3.63, 3.8) is 0 Å². The summed E-state index contributed by atoms with van der Waals surface area (Å²) in [7, 11) is 0. The van der Waals surface area contributed by atoms with Crippen molar-refractivity contribution >= 4 is 5.97 Å². The Balaban J connectivity index is 3.03. The van der Waals surface area contributed by atoms with Gasteiger partial charge in [-0.1, -0.05) is 29.8 Å². The predicted octanol–water partition coefficient (Wildman–Crippen LogP) is 1.69. The number of carbonyl (C=O) groups is 1. The molecule has 0 radical (unpaired) electrons. The topological polar surface area (TPSA) is 52.3 Å². The lowest BCUT2D eigenvalue weighted by Crippen LogP contribution is -2.32. The van der Waals surface area contributed by atoms with E-state index in [0.717, 1.165) is 11.1 Å². The van der Waals surface area contributed by atoms with Crippen molar-refractivity contribution in [3.8, 4) is 0 Å². The summed E-state index contributed by atoms with van der Waals surface area (Å²) in [6, 6.07) is 7.74. The van der Waals surface area contributed by atoms with Gasteiger partial charge in [-0.05, 0) is 26.3 Å². The Labute approximate surface area is 83.8 Å². The highest BCUT2D eigenvalue weighted by molar-refractivity contribution is 5.81. The van der Waals surface area contributed by atoms with Crippen LogP contribution in [0.1, 0.15) is 25.0 Å². The van der Waals surface area contributed by atoms with Gasteiger partial charge in [0.1, 0.15) is 0 Å². The molecule has 0 heterocycles. The summed E-state index contributed by atoms with van der Waals surface area (Å²) >= 11 is 0. The molecule has 76 valence electrons. The molecule has 1 rings (SSSR count). The van der Waals surface area contributed by atoms with Crippen molar-refractivity contribution in [2.45, 2.75) is 26.2 Å². The number of benzene rings is 1. The molecule has 0 aliphatic rings. The smallest absolute Gasteiger partial charge is 0.334 e. The van der Waals surface area contributed by atoms with Crippen LogP contribution < -0.4 is 5.90 Å². The molecule has 1 aromatic carbocycles. The standard InChI is InChI=1S/C11H15NO2/c1-8-4-6-9(7-5-8)11(2,3)10(13)14-12/h4-7H,12H2,1-3H3. The predicted molar refractivity (Wildman–Crippen MR) is 54.5 cm³/mol. The van der Waals surface area contributed by atoms with Crippen molar-refractivity contribution in [1.29, 1.82) is 0 Å². The van der Waals surface area contributed by atoms with Crippen LogP contribution in [0.25, 0.3) is 0 Å². The zero-order chi connectivity index (χ0) is 10.8. The van der Waals surface area contributed by atoms with Crippen LogP contribution in [0.2, 0.25) is 0 Å². The van der Waals surface area contributed by atoms with Crippen molar-refractivity contribution in [2.75, 3.05) is 0 Å². The van der Waals surface area contributed by atoms with Gasteiger partial charge >= 0.3 is 5.97 Å². The second-order valence-electron chi connectivity index (χ2n) is 3.90. The first-order valence-electron chi connectivity index (χ1n) is 4.47. The van der Waals surface area contributed by atoms with Gasteiger partial charge in [-0.15, -0.1) is 0 Å². The molecular formula is C11H15NO2. The van der Waals surface area contributed by atoms with Crippen LogP contribution in [0.5, 0.6) is 0 Å². The maximum absolute atomic E-state index is 11.4. The molecule has 0 aliphatic carbocycles. The zero-order valence-electron chi connectivity index (χ0n) is 8.70. The Kier molecular flexibility index (Phi) is 2.91. The summed E-state index contributed by atoms with van der Waals surface area (Å²) < 4.78 is 0. The number of aryl methyl sites for hydroxylation is 1. The van der Waals surface area contributed by atoms with Crippen molar-refractivity contribution < 1.29 is 9.63 Å². The Hall–Kier alpha value is -1.35. The van der Waals surface area contributed by atoms with Crippen LogP contribution in [0, 0.1) is 6.92 Å². The van der Waals surface area contributed by atoms with Gasteiger partial charge in [-0.2, -0.15) is 5.90 Å². The first kappa shape index (κ1) is 10.7. The molecule has 3 heteroatoms. The molecule has 3 nitrogen and oxygen atoms in total. The quantitative estimate of drug-likeness (QED) is 0.727. The van der Waals surface area contributed by atoms with Gasteiger partial charge in [0.2, 0.25) is 0 Å². The van der Waals surface area contributed by atoms with Gasteiger partial charge in [0, 0.05) is 0 Å². The molecule has 0 unspecified atom stereocenters. The third-order valence-corrected chi connectivity index (χ3v) is 2.39. The van der Waals surface area contributed by atoms with E-state index in [-0.39, 0.29) is 0 Å². The molecule has 0 saturated carbocycles. The average Bonchev–Trinajstić information content (AvgIpc) is 2.17. The third kappa shape index (κ3) is 1.93. The number of rotatable bonds is 2. The molecule has 14 heavy (non-hydrogen) atoms. The van der Waals surface area contributed by atoms with Crippen molar-refractivity contribution in [1.82, 2.24) is 0 Å². The van der Waals surface area contributed by atoms with Gasteiger partial charge in [-0.3, -0.25) is 0 Å². The number of carbonyl (C=O) groups excluding carboxylic acids is 1. The van der Waals surface area contributed by atoms with Crippen LogP contribution in [0.4, 0.5) is 0 Å². The van der Waals surface area contributed by atoms with Gasteiger partial charge in [-0.25, -0.2) is 4.79 Å². The third-order valence-electron chi connectivity index (χ3n) is 2.39. The van der Waals surface area contributed by atoms with Crippen LogP contribution >= 0.6 is 0 Å². The maximum atomic E-state index is 11.4. The highest BCUT2D eigenvalue weighted by atomic mass is 16.7. The van der Waals surface area contributed by atoms with E-state index in [1.54, 1.807) is 13.8 Å². The van der Waals surface area contributed by atoms with Crippen molar-refractivity contribution in [2.24, 2.45) is 5.90 Å². The lowest BCUT2D eigenvalue weighted by atomic mass is 9.84. The second kappa shape index (κ2) is 3.80. The summed E-state index contributed by atoms with van der Waals surface area (Å²) in [4.78, 5) is 15.6. The van der Waals surface area contributed by atoms with Crippen LogP contribution in [0.3, 0.4) is 0 Å². The zero-order valence-corrected chi connectivity index (χ0v) is 8.70. The summed E-state index contributed by atoms with van der Waals surface area (Å²) in [5.74, 6) is 4.45. The fraction of sp³-hybridized carbons (Fsp3) is 0.364. The van der Waals surface area contributed by atoms with E-state index >= 15 is 0 Å². The molecule has 2 N–H and O–H groups in total. The Bertz CT molecular complexity index is 328. The minimum atomic E-state index is -0.692. The van der Waals surface area contributed by atoms with Gasteiger partial charge in [0.15, 0.2) is 0 Å². The lowest BCUT2D eigenvalue weighted by molar-refractivity contribution is -0.149. The minimum absolute atomic E-state index is 0.429. The normalized spacial score (nSPS) is 11.1. The summed E-state index contributed by atoms with van der Waals surface area (Å²) in [5, 5.41) is 0. The molecule has 1 aromatic rings. The largest absolute Gasteiger partial charge is 0.373 e. The van der Waals surface area contributed by atoms with Crippen LogP contribution in [-0.2, 0) is 15.0 Å². The first-order valence-corrected chi connectivity index (χ1v) is 4.47. The number of hydrogen-bond acceptors (Lipinski definition) is 3. The maximum Gasteiger partial charge on any atom is 0.334 e. The summed E-state index contributed by atoms with van der Waals surface area (Å²) in [5.41, 5.74) is 1.37. The fourth-order valence-corrected chi connectivity index (χ4v) is 1.24. The molecule has 0 amide bonds. The Morgan fingerprint density at radius 1 is 1.29 bits per heavy atom. The Morgan fingerprint density at radius 2 is 1.79 bits per heavy atom. The SMILES string of the molecule is Cc1ccc(C(C)(C)C(=O)ON)cc1. The molecule has 0 atom stereocenters. The van der Waals surface area contributed by atoms with Crippen molar-refractivity contribution in [3.05, 3.63) is 35.4 Å². The number of hydrogen-bond donors (Lipinski definition) is 1. The Morgan fingerprint density at radius 3 is 2.21 bits per heavy atom. The van der Waals surface area contributed by atoms with E-state index in [0.29, 0.717) is 0 Å². The molecule has 0 bridgehead atoms. The van der Waals surface area contributed by atoms with Crippen LogP contribution in [0.15, 0.2) is 24.3 Å². The highest BCUT2D eigenvalue weighted by Crippen LogP contribution is 2.24. The minimum Gasteiger partial charge on any atom is -0.373 e. The monoisotopic (exact) mass is 193 g/mol. The lowest BCUT2D eigenvalue weighted by Gasteiger charge is -2.21. The van der Waals surface area contributed by atoms with E-state index in [2.05, 4.69) is 4.84 Å².